The summed E-state index contributed by atoms with van der Waals surface area (Å²) in [6, 6.07) is 0.0238. The van der Waals surface area contributed by atoms with Crippen molar-refractivity contribution >= 4 is 11.8 Å². The fraction of sp³-hybridized carbons (Fsp3) is 0.846. The molecule has 1 aliphatic rings. The third kappa shape index (κ3) is 5.85. The lowest BCUT2D eigenvalue weighted by molar-refractivity contribution is -0.140. The fourth-order valence-electron chi connectivity index (χ4n) is 1.89. The molecule has 0 saturated carbocycles. The molecule has 0 aromatic heterocycles. The summed E-state index contributed by atoms with van der Waals surface area (Å²) < 4.78 is 10.3. The minimum absolute atomic E-state index is 0.0238. The average Bonchev–Trinajstić information content (AvgIpc) is 2.43. The molecular weight excluding hydrogens is 262 g/mol. The summed E-state index contributed by atoms with van der Waals surface area (Å²) in [6.45, 7) is 2.89. The van der Waals surface area contributed by atoms with Gasteiger partial charge in [-0.3, -0.25) is 9.59 Å². The molecule has 0 radical (unpaired) electrons. The smallest absolute Gasteiger partial charge is 0.241 e. The summed E-state index contributed by atoms with van der Waals surface area (Å²) >= 11 is 0. The van der Waals surface area contributed by atoms with E-state index in [1.165, 1.54) is 4.90 Å². The van der Waals surface area contributed by atoms with Gasteiger partial charge in [-0.05, 0) is 0 Å². The molecule has 116 valence electrons. The van der Waals surface area contributed by atoms with Crippen molar-refractivity contribution in [2.24, 2.45) is 0 Å². The van der Waals surface area contributed by atoms with E-state index in [1.807, 2.05) is 0 Å². The quantitative estimate of drug-likeness (QED) is 0.645. The van der Waals surface area contributed by atoms with Gasteiger partial charge in [0.25, 0.3) is 0 Å². The van der Waals surface area contributed by atoms with Crippen molar-refractivity contribution in [2.75, 3.05) is 60.7 Å². The highest BCUT2D eigenvalue weighted by atomic mass is 16.5. The SMILES string of the molecule is COCCN(CC(=O)N(C)C)C(=O)CC1COCCN1. The number of nitrogens with one attached hydrogen (secondary N) is 1. The van der Waals surface area contributed by atoms with Crippen LogP contribution in [0.25, 0.3) is 0 Å². The Kier molecular flexibility index (Phi) is 7.50. The van der Waals surface area contributed by atoms with Gasteiger partial charge >= 0.3 is 0 Å². The summed E-state index contributed by atoms with van der Waals surface area (Å²) in [5.74, 6) is -0.150. The van der Waals surface area contributed by atoms with Crippen LogP contribution in [0.4, 0.5) is 0 Å². The normalized spacial score (nSPS) is 18.6. The molecule has 0 aromatic rings. The highest BCUT2D eigenvalue weighted by Gasteiger charge is 2.23. The van der Waals surface area contributed by atoms with Crippen molar-refractivity contribution in [3.63, 3.8) is 0 Å². The Labute approximate surface area is 120 Å². The van der Waals surface area contributed by atoms with Crippen LogP contribution >= 0.6 is 0 Å². The van der Waals surface area contributed by atoms with Crippen LogP contribution in [-0.4, -0.2) is 88.3 Å². The Bertz CT molecular complexity index is 317. The first-order valence-corrected chi connectivity index (χ1v) is 6.82. The van der Waals surface area contributed by atoms with Crippen LogP contribution in [0.5, 0.6) is 0 Å². The van der Waals surface area contributed by atoms with Gasteiger partial charge in [-0.15, -0.1) is 0 Å². The third-order valence-corrected chi connectivity index (χ3v) is 3.16. The largest absolute Gasteiger partial charge is 0.383 e. The molecule has 1 atom stereocenters. The Morgan fingerprint density at radius 2 is 2.10 bits per heavy atom. The van der Waals surface area contributed by atoms with Crippen LogP contribution in [0, 0.1) is 0 Å². The monoisotopic (exact) mass is 287 g/mol. The first-order chi connectivity index (χ1) is 9.54. The van der Waals surface area contributed by atoms with E-state index in [2.05, 4.69) is 5.32 Å². The molecule has 7 nitrogen and oxygen atoms in total. The molecule has 0 spiro atoms. The first kappa shape index (κ1) is 16.9. The fourth-order valence-corrected chi connectivity index (χ4v) is 1.89. The van der Waals surface area contributed by atoms with Gasteiger partial charge in [0.2, 0.25) is 11.8 Å². The van der Waals surface area contributed by atoms with Crippen molar-refractivity contribution in [3.05, 3.63) is 0 Å². The van der Waals surface area contributed by atoms with Crippen LogP contribution in [0.3, 0.4) is 0 Å². The lowest BCUT2D eigenvalue weighted by atomic mass is 10.1. The van der Waals surface area contributed by atoms with Gasteiger partial charge < -0.3 is 24.6 Å². The summed E-state index contributed by atoms with van der Waals surface area (Å²) in [4.78, 5) is 27.1. The van der Waals surface area contributed by atoms with E-state index in [9.17, 15) is 9.59 Å². The maximum Gasteiger partial charge on any atom is 0.241 e. The molecule has 0 bridgehead atoms. The number of methoxy groups -OCH3 is 1. The molecule has 1 aliphatic heterocycles. The molecular formula is C13H25N3O4. The van der Waals surface area contributed by atoms with Crippen LogP contribution in [0.2, 0.25) is 0 Å². The Morgan fingerprint density at radius 3 is 2.65 bits per heavy atom. The molecule has 1 heterocycles. The molecule has 0 aliphatic carbocycles. The summed E-state index contributed by atoms with van der Waals surface area (Å²) in [5, 5.41) is 3.24. The number of carbonyl (C=O) groups excluding carboxylic acids is 2. The summed E-state index contributed by atoms with van der Waals surface area (Å²) in [5.41, 5.74) is 0. The van der Waals surface area contributed by atoms with Gasteiger partial charge in [0.1, 0.15) is 0 Å². The van der Waals surface area contributed by atoms with E-state index >= 15 is 0 Å². The molecule has 1 saturated heterocycles. The predicted molar refractivity (Wildman–Crippen MR) is 74.4 cm³/mol. The van der Waals surface area contributed by atoms with Crippen molar-refractivity contribution in [1.82, 2.24) is 15.1 Å². The number of likely N-dealkylation sites (N-methyl/N-ethyl adjacent to an activating group) is 1. The van der Waals surface area contributed by atoms with Crippen molar-refractivity contribution in [2.45, 2.75) is 12.5 Å². The molecule has 20 heavy (non-hydrogen) atoms. The topological polar surface area (TPSA) is 71.1 Å². The molecule has 1 fully saturated rings. The number of hydrogen-bond donors (Lipinski definition) is 1. The van der Waals surface area contributed by atoms with E-state index in [1.54, 1.807) is 26.1 Å². The lowest BCUT2D eigenvalue weighted by Crippen LogP contribution is -2.47. The van der Waals surface area contributed by atoms with E-state index in [4.69, 9.17) is 9.47 Å². The maximum atomic E-state index is 12.3. The molecule has 1 rings (SSSR count). The third-order valence-electron chi connectivity index (χ3n) is 3.16. The number of carbonyl (C=O) groups is 2. The van der Waals surface area contributed by atoms with Gasteiger partial charge in [0, 0.05) is 46.8 Å². The van der Waals surface area contributed by atoms with E-state index < -0.39 is 0 Å². The van der Waals surface area contributed by atoms with Crippen LogP contribution in [0.1, 0.15) is 6.42 Å². The minimum atomic E-state index is -0.0951. The van der Waals surface area contributed by atoms with Crippen LogP contribution in [0.15, 0.2) is 0 Å². The predicted octanol–water partition coefficient (Wildman–Crippen LogP) is -1.07. The molecule has 2 amide bonds. The molecule has 1 N–H and O–H groups in total. The highest BCUT2D eigenvalue weighted by Crippen LogP contribution is 2.03. The number of rotatable bonds is 7. The van der Waals surface area contributed by atoms with Gasteiger partial charge in [-0.25, -0.2) is 0 Å². The maximum absolute atomic E-state index is 12.3. The molecule has 7 heteroatoms. The number of hydrogen-bond acceptors (Lipinski definition) is 5. The first-order valence-electron chi connectivity index (χ1n) is 6.82. The zero-order valence-corrected chi connectivity index (χ0v) is 12.6. The standard InChI is InChI=1S/C13H25N3O4/c1-15(2)13(18)9-16(5-7-19-3)12(17)8-11-10-20-6-4-14-11/h11,14H,4-10H2,1-3H3. The van der Waals surface area contributed by atoms with Crippen molar-refractivity contribution < 1.29 is 19.1 Å². The second-order valence-electron chi connectivity index (χ2n) is 5.03. The van der Waals surface area contributed by atoms with Gasteiger partial charge in [0.15, 0.2) is 0 Å². The second-order valence-corrected chi connectivity index (χ2v) is 5.03. The number of ether oxygens (including phenoxy) is 2. The molecule has 1 unspecified atom stereocenters. The van der Waals surface area contributed by atoms with E-state index in [0.717, 1.165) is 6.54 Å². The Morgan fingerprint density at radius 1 is 1.35 bits per heavy atom. The van der Waals surface area contributed by atoms with E-state index in [-0.39, 0.29) is 24.4 Å². The molecule has 0 aromatic carbocycles. The van der Waals surface area contributed by atoms with Gasteiger partial charge in [0.05, 0.1) is 26.4 Å². The Hall–Kier alpha value is -1.18. The van der Waals surface area contributed by atoms with Gasteiger partial charge in [-0.1, -0.05) is 0 Å². The Balaban J connectivity index is 2.51. The number of nitrogens with zero attached hydrogens (tertiary/aromatic N) is 2. The van der Waals surface area contributed by atoms with E-state index in [0.29, 0.717) is 32.8 Å². The second kappa shape index (κ2) is 8.89. The van der Waals surface area contributed by atoms with Crippen molar-refractivity contribution in [3.8, 4) is 0 Å². The lowest BCUT2D eigenvalue weighted by Gasteiger charge is -2.28. The zero-order chi connectivity index (χ0) is 15.0. The van der Waals surface area contributed by atoms with Crippen molar-refractivity contribution in [1.29, 1.82) is 0 Å². The number of amides is 2. The van der Waals surface area contributed by atoms with Crippen LogP contribution < -0.4 is 5.32 Å². The zero-order valence-electron chi connectivity index (χ0n) is 12.6. The highest BCUT2D eigenvalue weighted by molar-refractivity contribution is 5.84. The minimum Gasteiger partial charge on any atom is -0.383 e. The summed E-state index contributed by atoms with van der Waals surface area (Å²) in [7, 11) is 4.93. The summed E-state index contributed by atoms with van der Waals surface area (Å²) in [6.07, 6.45) is 0.338. The average molecular weight is 287 g/mol. The number of morpholine rings is 1. The van der Waals surface area contributed by atoms with Gasteiger partial charge in [-0.2, -0.15) is 0 Å². The van der Waals surface area contributed by atoms with Crippen LogP contribution in [-0.2, 0) is 19.1 Å².